The third-order valence-corrected chi connectivity index (χ3v) is 3.04. The van der Waals surface area contributed by atoms with Crippen molar-refractivity contribution in [3.05, 3.63) is 24.3 Å². The lowest BCUT2D eigenvalue weighted by atomic mass is 10.1. The molecule has 0 aliphatic carbocycles. The second kappa shape index (κ2) is 4.53. The van der Waals surface area contributed by atoms with Crippen LogP contribution in [0.1, 0.15) is 6.42 Å². The Balaban J connectivity index is 2.09. The van der Waals surface area contributed by atoms with Gasteiger partial charge in [-0.1, -0.05) is 6.07 Å². The number of hydrogen-bond donors (Lipinski definition) is 1. The number of anilines is 1. The molecule has 0 amide bonds. The van der Waals surface area contributed by atoms with Gasteiger partial charge in [0.1, 0.15) is 5.75 Å². The lowest BCUT2D eigenvalue weighted by Gasteiger charge is -2.19. The van der Waals surface area contributed by atoms with Crippen molar-refractivity contribution in [2.75, 3.05) is 31.6 Å². The zero-order valence-electron chi connectivity index (χ0n) is 9.15. The summed E-state index contributed by atoms with van der Waals surface area (Å²) in [5.74, 6) is 1.57. The highest BCUT2D eigenvalue weighted by Gasteiger charge is 2.21. The minimum Gasteiger partial charge on any atom is -0.497 e. The molecule has 0 unspecified atom stereocenters. The molecule has 0 aromatic heterocycles. The molecule has 2 rings (SSSR count). The van der Waals surface area contributed by atoms with E-state index in [0.717, 1.165) is 25.4 Å². The summed E-state index contributed by atoms with van der Waals surface area (Å²) in [6, 6.07) is 8.21. The predicted octanol–water partition coefficient (Wildman–Crippen LogP) is 1.48. The van der Waals surface area contributed by atoms with E-state index in [1.54, 1.807) is 7.11 Å². The number of nitrogens with zero attached hydrogens (tertiary/aromatic N) is 1. The van der Waals surface area contributed by atoms with Crippen LogP contribution in [0.4, 0.5) is 5.69 Å². The zero-order chi connectivity index (χ0) is 10.7. The number of benzene rings is 1. The molecule has 15 heavy (non-hydrogen) atoms. The van der Waals surface area contributed by atoms with Crippen LogP contribution in [0, 0.1) is 5.92 Å². The second-order valence-corrected chi connectivity index (χ2v) is 4.04. The molecular weight excluding hydrogens is 188 g/mol. The quantitative estimate of drug-likeness (QED) is 0.814. The molecule has 1 fully saturated rings. The summed E-state index contributed by atoms with van der Waals surface area (Å²) in [5.41, 5.74) is 6.92. The van der Waals surface area contributed by atoms with Crippen molar-refractivity contribution in [3.8, 4) is 5.75 Å². The van der Waals surface area contributed by atoms with Gasteiger partial charge in [-0.05, 0) is 31.0 Å². The Morgan fingerprint density at radius 2 is 2.40 bits per heavy atom. The molecule has 0 saturated carbocycles. The van der Waals surface area contributed by atoms with Gasteiger partial charge < -0.3 is 15.4 Å². The second-order valence-electron chi connectivity index (χ2n) is 4.04. The lowest BCUT2D eigenvalue weighted by Crippen LogP contribution is -2.22. The van der Waals surface area contributed by atoms with Gasteiger partial charge in [0.15, 0.2) is 0 Å². The fraction of sp³-hybridized carbons (Fsp3) is 0.500. The van der Waals surface area contributed by atoms with Crippen LogP contribution in [0.25, 0.3) is 0 Å². The molecular formula is C12H18N2O. The SMILES string of the molecule is COc1cccc(N2CC[C@@H](CN)C2)c1. The van der Waals surface area contributed by atoms with Crippen LogP contribution >= 0.6 is 0 Å². The van der Waals surface area contributed by atoms with Crippen LogP contribution < -0.4 is 15.4 Å². The van der Waals surface area contributed by atoms with E-state index in [4.69, 9.17) is 10.5 Å². The zero-order valence-corrected chi connectivity index (χ0v) is 9.15. The highest BCUT2D eigenvalue weighted by molar-refractivity contribution is 5.51. The lowest BCUT2D eigenvalue weighted by molar-refractivity contribution is 0.415. The number of rotatable bonds is 3. The Kier molecular flexibility index (Phi) is 3.11. The van der Waals surface area contributed by atoms with E-state index >= 15 is 0 Å². The molecule has 3 heteroatoms. The van der Waals surface area contributed by atoms with Crippen molar-refractivity contribution in [3.63, 3.8) is 0 Å². The summed E-state index contributed by atoms with van der Waals surface area (Å²) < 4.78 is 5.22. The number of ether oxygens (including phenoxy) is 1. The number of nitrogens with two attached hydrogens (primary N) is 1. The topological polar surface area (TPSA) is 38.5 Å². The summed E-state index contributed by atoms with van der Waals surface area (Å²) in [6.45, 7) is 2.97. The minimum atomic E-state index is 0.649. The third-order valence-electron chi connectivity index (χ3n) is 3.04. The first kappa shape index (κ1) is 10.3. The van der Waals surface area contributed by atoms with Gasteiger partial charge in [0, 0.05) is 24.8 Å². The van der Waals surface area contributed by atoms with E-state index in [1.165, 1.54) is 12.1 Å². The average molecular weight is 206 g/mol. The van der Waals surface area contributed by atoms with Gasteiger partial charge in [-0.2, -0.15) is 0 Å². The van der Waals surface area contributed by atoms with Gasteiger partial charge in [0.25, 0.3) is 0 Å². The van der Waals surface area contributed by atoms with Gasteiger partial charge in [-0.25, -0.2) is 0 Å². The van der Waals surface area contributed by atoms with Gasteiger partial charge >= 0.3 is 0 Å². The van der Waals surface area contributed by atoms with Crippen molar-refractivity contribution < 1.29 is 4.74 Å². The van der Waals surface area contributed by atoms with E-state index in [9.17, 15) is 0 Å². The highest BCUT2D eigenvalue weighted by Crippen LogP contribution is 2.26. The smallest absolute Gasteiger partial charge is 0.120 e. The molecule has 3 nitrogen and oxygen atoms in total. The van der Waals surface area contributed by atoms with E-state index in [0.29, 0.717) is 5.92 Å². The Morgan fingerprint density at radius 1 is 1.53 bits per heavy atom. The van der Waals surface area contributed by atoms with Gasteiger partial charge in [-0.15, -0.1) is 0 Å². The Bertz CT molecular complexity index is 327. The molecule has 0 bridgehead atoms. The molecule has 1 atom stereocenters. The standard InChI is InChI=1S/C12H18N2O/c1-15-12-4-2-3-11(7-12)14-6-5-10(8-13)9-14/h2-4,7,10H,5-6,8-9,13H2,1H3/t10-/m0/s1. The first-order valence-corrected chi connectivity index (χ1v) is 5.42. The van der Waals surface area contributed by atoms with E-state index in [1.807, 2.05) is 12.1 Å². The first-order chi connectivity index (χ1) is 7.33. The predicted molar refractivity (Wildman–Crippen MR) is 62.4 cm³/mol. The monoisotopic (exact) mass is 206 g/mol. The van der Waals surface area contributed by atoms with Crippen LogP contribution in [-0.4, -0.2) is 26.7 Å². The van der Waals surface area contributed by atoms with Crippen molar-refractivity contribution in [2.24, 2.45) is 11.7 Å². The Labute approximate surface area is 90.8 Å². The van der Waals surface area contributed by atoms with Crippen LogP contribution in [-0.2, 0) is 0 Å². The Morgan fingerprint density at radius 3 is 3.07 bits per heavy atom. The largest absolute Gasteiger partial charge is 0.497 e. The molecule has 0 radical (unpaired) electrons. The molecule has 2 N–H and O–H groups in total. The molecule has 1 aromatic carbocycles. The van der Waals surface area contributed by atoms with Crippen LogP contribution in [0.5, 0.6) is 5.75 Å². The summed E-state index contributed by atoms with van der Waals surface area (Å²) in [7, 11) is 1.70. The number of methoxy groups -OCH3 is 1. The third kappa shape index (κ3) is 2.23. The van der Waals surface area contributed by atoms with Crippen molar-refractivity contribution in [2.45, 2.75) is 6.42 Å². The Hall–Kier alpha value is -1.22. The fourth-order valence-corrected chi connectivity index (χ4v) is 2.07. The van der Waals surface area contributed by atoms with E-state index in [-0.39, 0.29) is 0 Å². The van der Waals surface area contributed by atoms with Crippen LogP contribution in [0.3, 0.4) is 0 Å². The van der Waals surface area contributed by atoms with Gasteiger partial charge in [0.2, 0.25) is 0 Å². The maximum Gasteiger partial charge on any atom is 0.120 e. The molecule has 0 spiro atoms. The number of hydrogen-bond acceptors (Lipinski definition) is 3. The van der Waals surface area contributed by atoms with E-state index in [2.05, 4.69) is 17.0 Å². The van der Waals surface area contributed by atoms with E-state index < -0.39 is 0 Å². The molecule has 1 aromatic rings. The van der Waals surface area contributed by atoms with Crippen molar-refractivity contribution in [1.82, 2.24) is 0 Å². The molecule has 82 valence electrons. The summed E-state index contributed by atoms with van der Waals surface area (Å²) in [6.07, 6.45) is 1.20. The highest BCUT2D eigenvalue weighted by atomic mass is 16.5. The minimum absolute atomic E-state index is 0.649. The molecule has 1 heterocycles. The van der Waals surface area contributed by atoms with Gasteiger partial charge in [-0.3, -0.25) is 0 Å². The summed E-state index contributed by atoms with van der Waals surface area (Å²) in [5, 5.41) is 0. The summed E-state index contributed by atoms with van der Waals surface area (Å²) >= 11 is 0. The van der Waals surface area contributed by atoms with Crippen molar-refractivity contribution >= 4 is 5.69 Å². The van der Waals surface area contributed by atoms with Crippen molar-refractivity contribution in [1.29, 1.82) is 0 Å². The average Bonchev–Trinajstić information content (AvgIpc) is 2.78. The maximum atomic E-state index is 5.68. The first-order valence-electron chi connectivity index (χ1n) is 5.42. The summed E-state index contributed by atoms with van der Waals surface area (Å²) in [4.78, 5) is 2.38. The van der Waals surface area contributed by atoms with Crippen LogP contribution in [0.15, 0.2) is 24.3 Å². The molecule has 1 aliphatic heterocycles. The van der Waals surface area contributed by atoms with Gasteiger partial charge in [0.05, 0.1) is 7.11 Å². The molecule has 1 aliphatic rings. The fourth-order valence-electron chi connectivity index (χ4n) is 2.07. The maximum absolute atomic E-state index is 5.68. The normalized spacial score (nSPS) is 20.7. The molecule has 1 saturated heterocycles. The van der Waals surface area contributed by atoms with Crippen LogP contribution in [0.2, 0.25) is 0 Å².